The monoisotopic (exact) mass is 288 g/mol. The van der Waals surface area contributed by atoms with Gasteiger partial charge in [-0.1, -0.05) is 30.3 Å². The first kappa shape index (κ1) is 14.5. The largest absolute Gasteiger partial charge is 0.354 e. The van der Waals surface area contributed by atoms with E-state index in [1.165, 1.54) is 6.33 Å². The third kappa shape index (κ3) is 4.30. The molecule has 5 N–H and O–H groups in total. The maximum absolute atomic E-state index is 12.2. The second kappa shape index (κ2) is 7.04. The SMILES string of the molecule is NC(=O)NC(C(=O)NCCc1ncn[nH]1)c1ccccc1. The van der Waals surface area contributed by atoms with Gasteiger partial charge >= 0.3 is 6.03 Å². The Labute approximate surface area is 121 Å². The summed E-state index contributed by atoms with van der Waals surface area (Å²) in [5.74, 6) is 0.342. The van der Waals surface area contributed by atoms with Crippen LogP contribution in [-0.2, 0) is 11.2 Å². The molecule has 0 saturated carbocycles. The standard InChI is InChI=1S/C13H16N6O2/c14-13(21)18-11(9-4-2-1-3-5-9)12(20)15-7-6-10-16-8-17-19-10/h1-5,8,11H,6-7H2,(H,15,20)(H3,14,18,21)(H,16,17,19). The highest BCUT2D eigenvalue weighted by Crippen LogP contribution is 2.12. The molecule has 1 heterocycles. The molecule has 0 fully saturated rings. The number of aromatic amines is 1. The number of H-pyrrole nitrogens is 1. The number of hydrogen-bond donors (Lipinski definition) is 4. The average Bonchev–Trinajstić information content (AvgIpc) is 2.98. The van der Waals surface area contributed by atoms with E-state index in [9.17, 15) is 9.59 Å². The van der Waals surface area contributed by atoms with E-state index in [-0.39, 0.29) is 5.91 Å². The summed E-state index contributed by atoms with van der Waals surface area (Å²) in [5.41, 5.74) is 5.78. The first-order chi connectivity index (χ1) is 10.2. The molecule has 1 unspecified atom stereocenters. The number of nitrogens with two attached hydrogens (primary N) is 1. The molecule has 0 aliphatic heterocycles. The van der Waals surface area contributed by atoms with Crippen LogP contribution >= 0.6 is 0 Å². The zero-order valence-corrected chi connectivity index (χ0v) is 11.2. The van der Waals surface area contributed by atoms with E-state index in [0.29, 0.717) is 24.4 Å². The molecule has 0 spiro atoms. The van der Waals surface area contributed by atoms with Crippen LogP contribution in [0.1, 0.15) is 17.4 Å². The molecule has 3 amide bonds. The molecule has 0 aliphatic carbocycles. The van der Waals surface area contributed by atoms with Gasteiger partial charge in [-0.3, -0.25) is 9.89 Å². The number of nitrogens with one attached hydrogen (secondary N) is 3. The van der Waals surface area contributed by atoms with Gasteiger partial charge < -0.3 is 16.4 Å². The summed E-state index contributed by atoms with van der Waals surface area (Å²) < 4.78 is 0. The van der Waals surface area contributed by atoms with E-state index in [0.717, 1.165) is 0 Å². The number of aromatic nitrogens is 3. The summed E-state index contributed by atoms with van der Waals surface area (Å²) >= 11 is 0. The highest BCUT2D eigenvalue weighted by Gasteiger charge is 2.21. The normalized spacial score (nSPS) is 11.6. The van der Waals surface area contributed by atoms with E-state index >= 15 is 0 Å². The molecule has 0 bridgehead atoms. The summed E-state index contributed by atoms with van der Waals surface area (Å²) in [6, 6.07) is 7.31. The molecule has 1 atom stereocenters. The highest BCUT2D eigenvalue weighted by molar-refractivity contribution is 5.87. The number of nitrogens with zero attached hydrogens (tertiary/aromatic N) is 2. The Balaban J connectivity index is 1.96. The Morgan fingerprint density at radius 3 is 2.67 bits per heavy atom. The predicted molar refractivity (Wildman–Crippen MR) is 75.0 cm³/mol. The fourth-order valence-electron chi connectivity index (χ4n) is 1.85. The molecular weight excluding hydrogens is 272 g/mol. The predicted octanol–water partition coefficient (Wildman–Crippen LogP) is -0.127. The van der Waals surface area contributed by atoms with Crippen molar-refractivity contribution in [2.45, 2.75) is 12.5 Å². The van der Waals surface area contributed by atoms with Crippen molar-refractivity contribution in [3.63, 3.8) is 0 Å². The van der Waals surface area contributed by atoms with E-state index in [2.05, 4.69) is 25.8 Å². The van der Waals surface area contributed by atoms with Crippen molar-refractivity contribution in [3.05, 3.63) is 48.0 Å². The fraction of sp³-hybridized carbons (Fsp3) is 0.231. The Morgan fingerprint density at radius 1 is 1.29 bits per heavy atom. The summed E-state index contributed by atoms with van der Waals surface area (Å²) in [7, 11) is 0. The maximum Gasteiger partial charge on any atom is 0.313 e. The van der Waals surface area contributed by atoms with Gasteiger partial charge in [0.25, 0.3) is 0 Å². The minimum absolute atomic E-state index is 0.334. The van der Waals surface area contributed by atoms with Crippen LogP contribution in [0.2, 0.25) is 0 Å². The van der Waals surface area contributed by atoms with E-state index in [1.807, 2.05) is 6.07 Å². The van der Waals surface area contributed by atoms with Crippen molar-refractivity contribution >= 4 is 11.9 Å². The van der Waals surface area contributed by atoms with Crippen LogP contribution < -0.4 is 16.4 Å². The third-order valence-corrected chi connectivity index (χ3v) is 2.81. The lowest BCUT2D eigenvalue weighted by Gasteiger charge is -2.17. The number of amides is 3. The van der Waals surface area contributed by atoms with Gasteiger partial charge in [-0.05, 0) is 5.56 Å². The van der Waals surface area contributed by atoms with Crippen LogP contribution in [-0.4, -0.2) is 33.7 Å². The lowest BCUT2D eigenvalue weighted by atomic mass is 10.1. The van der Waals surface area contributed by atoms with E-state index < -0.39 is 12.1 Å². The Morgan fingerprint density at radius 2 is 2.05 bits per heavy atom. The minimum Gasteiger partial charge on any atom is -0.354 e. The second-order valence-electron chi connectivity index (χ2n) is 4.33. The summed E-state index contributed by atoms with van der Waals surface area (Å²) in [5, 5.41) is 11.6. The first-order valence-corrected chi connectivity index (χ1v) is 6.39. The van der Waals surface area contributed by atoms with Gasteiger partial charge in [-0.2, -0.15) is 5.10 Å². The van der Waals surface area contributed by atoms with Crippen LogP contribution in [0.25, 0.3) is 0 Å². The zero-order chi connectivity index (χ0) is 15.1. The quantitative estimate of drug-likeness (QED) is 0.590. The molecular formula is C13H16N6O2. The third-order valence-electron chi connectivity index (χ3n) is 2.81. The molecule has 1 aromatic carbocycles. The molecule has 0 aliphatic rings. The lowest BCUT2D eigenvalue weighted by Crippen LogP contribution is -2.43. The van der Waals surface area contributed by atoms with Crippen molar-refractivity contribution in [2.75, 3.05) is 6.54 Å². The zero-order valence-electron chi connectivity index (χ0n) is 11.2. The topological polar surface area (TPSA) is 126 Å². The second-order valence-corrected chi connectivity index (χ2v) is 4.33. The summed E-state index contributed by atoms with van der Waals surface area (Å²) in [6.07, 6.45) is 1.92. The van der Waals surface area contributed by atoms with Gasteiger partial charge in [0, 0.05) is 13.0 Å². The van der Waals surface area contributed by atoms with Crippen LogP contribution in [0.15, 0.2) is 36.7 Å². The van der Waals surface area contributed by atoms with Gasteiger partial charge in [-0.15, -0.1) is 0 Å². The van der Waals surface area contributed by atoms with Crippen LogP contribution in [0, 0.1) is 0 Å². The van der Waals surface area contributed by atoms with E-state index in [1.54, 1.807) is 24.3 Å². The van der Waals surface area contributed by atoms with Crippen molar-refractivity contribution in [2.24, 2.45) is 5.73 Å². The molecule has 0 radical (unpaired) electrons. The molecule has 1 aromatic heterocycles. The van der Waals surface area contributed by atoms with Crippen LogP contribution in [0.3, 0.4) is 0 Å². The average molecular weight is 288 g/mol. The number of carbonyl (C=O) groups is 2. The molecule has 2 rings (SSSR count). The molecule has 8 heteroatoms. The maximum atomic E-state index is 12.2. The number of carbonyl (C=O) groups excluding carboxylic acids is 2. The van der Waals surface area contributed by atoms with Crippen LogP contribution in [0.4, 0.5) is 4.79 Å². The van der Waals surface area contributed by atoms with E-state index in [4.69, 9.17) is 5.73 Å². The van der Waals surface area contributed by atoms with Crippen molar-refractivity contribution < 1.29 is 9.59 Å². The number of urea groups is 1. The first-order valence-electron chi connectivity index (χ1n) is 6.39. The molecule has 0 saturated heterocycles. The van der Waals surface area contributed by atoms with Crippen molar-refractivity contribution in [1.29, 1.82) is 0 Å². The molecule has 2 aromatic rings. The Hall–Kier alpha value is -2.90. The minimum atomic E-state index is -0.821. The smallest absolute Gasteiger partial charge is 0.313 e. The van der Waals surface area contributed by atoms with Gasteiger partial charge in [0.2, 0.25) is 5.91 Å². The van der Waals surface area contributed by atoms with Crippen molar-refractivity contribution in [1.82, 2.24) is 25.8 Å². The van der Waals surface area contributed by atoms with Gasteiger partial charge in [0.15, 0.2) is 0 Å². The molecule has 8 nitrogen and oxygen atoms in total. The van der Waals surface area contributed by atoms with Crippen molar-refractivity contribution in [3.8, 4) is 0 Å². The van der Waals surface area contributed by atoms with Crippen LogP contribution in [0.5, 0.6) is 0 Å². The fourth-order valence-corrected chi connectivity index (χ4v) is 1.85. The Bertz CT molecular complexity index is 584. The van der Waals surface area contributed by atoms with Gasteiger partial charge in [-0.25, -0.2) is 9.78 Å². The molecule has 21 heavy (non-hydrogen) atoms. The Kier molecular flexibility index (Phi) is 4.86. The summed E-state index contributed by atoms with van der Waals surface area (Å²) in [4.78, 5) is 27.2. The number of rotatable bonds is 6. The van der Waals surface area contributed by atoms with Gasteiger partial charge in [0.05, 0.1) is 0 Å². The highest BCUT2D eigenvalue weighted by atomic mass is 16.2. The lowest BCUT2D eigenvalue weighted by molar-refractivity contribution is -0.123. The van der Waals surface area contributed by atoms with Gasteiger partial charge in [0.1, 0.15) is 18.2 Å². The number of benzene rings is 1. The molecule has 110 valence electrons. The number of hydrogen-bond acceptors (Lipinski definition) is 4. The number of primary amides is 1. The summed E-state index contributed by atoms with van der Waals surface area (Å²) in [6.45, 7) is 0.373.